The van der Waals surface area contributed by atoms with Gasteiger partial charge in [-0.2, -0.15) is 5.26 Å². The molecule has 0 bridgehead atoms. The quantitative estimate of drug-likeness (QED) is 0.719. The van der Waals surface area contributed by atoms with Gasteiger partial charge in [0.2, 0.25) is 0 Å². The molecule has 2 N–H and O–H groups in total. The van der Waals surface area contributed by atoms with Crippen molar-refractivity contribution in [1.82, 2.24) is 5.43 Å². The number of nitrogens with one attached hydrogen (secondary N) is 1. The van der Waals surface area contributed by atoms with Crippen molar-refractivity contribution in [3.63, 3.8) is 0 Å². The monoisotopic (exact) mass is 419 g/mol. The Bertz CT molecular complexity index is 1110. The van der Waals surface area contributed by atoms with E-state index in [-0.39, 0.29) is 6.04 Å². The van der Waals surface area contributed by atoms with Crippen molar-refractivity contribution in [2.75, 3.05) is 5.01 Å². The summed E-state index contributed by atoms with van der Waals surface area (Å²) in [4.78, 5) is 11.4. The Morgan fingerprint density at radius 1 is 1.17 bits per heavy atom. The minimum atomic E-state index is -0.894. The largest absolute Gasteiger partial charge is 0.478 e. The van der Waals surface area contributed by atoms with Gasteiger partial charge in [0.1, 0.15) is 6.07 Å². The lowest BCUT2D eigenvalue weighted by Crippen LogP contribution is -2.43. The maximum absolute atomic E-state index is 11.4. The molecule has 1 unspecified atom stereocenters. The van der Waals surface area contributed by atoms with Crippen molar-refractivity contribution in [1.29, 1.82) is 5.26 Å². The Morgan fingerprint density at radius 3 is 2.67 bits per heavy atom. The second-order valence-corrected chi connectivity index (χ2v) is 8.73. The van der Waals surface area contributed by atoms with E-state index in [2.05, 4.69) is 16.5 Å². The van der Waals surface area contributed by atoms with Crippen molar-refractivity contribution in [2.24, 2.45) is 5.92 Å². The average molecular weight is 420 g/mol. The molecule has 2 aromatic carbocycles. The van der Waals surface area contributed by atoms with E-state index < -0.39 is 5.97 Å². The SMILES string of the molecule is N#Cc1ccc(N2NC3=C(CCc4cc(C(=O)O)ccc43)C2C2CCCC2)cc1Cl. The van der Waals surface area contributed by atoms with Gasteiger partial charge in [-0.15, -0.1) is 0 Å². The van der Waals surface area contributed by atoms with Crippen LogP contribution in [0.1, 0.15) is 59.2 Å². The molecule has 0 saturated heterocycles. The van der Waals surface area contributed by atoms with Crippen LogP contribution in [0, 0.1) is 17.2 Å². The number of hydrogen-bond acceptors (Lipinski definition) is 4. The van der Waals surface area contributed by atoms with E-state index in [0.29, 0.717) is 22.1 Å². The topological polar surface area (TPSA) is 76.4 Å². The fourth-order valence-electron chi connectivity index (χ4n) is 5.26. The van der Waals surface area contributed by atoms with Crippen molar-refractivity contribution in [3.05, 3.63) is 69.2 Å². The summed E-state index contributed by atoms with van der Waals surface area (Å²) in [7, 11) is 0. The molecule has 1 atom stereocenters. The Labute approximate surface area is 180 Å². The number of benzene rings is 2. The van der Waals surface area contributed by atoms with Gasteiger partial charge in [-0.3, -0.25) is 10.4 Å². The fourth-order valence-corrected chi connectivity index (χ4v) is 5.47. The Hall–Kier alpha value is -2.97. The third-order valence-electron chi connectivity index (χ3n) is 6.67. The predicted octanol–water partition coefficient (Wildman–Crippen LogP) is 5.15. The van der Waals surface area contributed by atoms with Gasteiger partial charge in [0, 0.05) is 5.56 Å². The second kappa shape index (κ2) is 7.37. The molecule has 1 heterocycles. The number of anilines is 1. The van der Waals surface area contributed by atoms with Gasteiger partial charge in [0.25, 0.3) is 0 Å². The zero-order valence-electron chi connectivity index (χ0n) is 16.5. The maximum atomic E-state index is 11.4. The molecule has 5 rings (SSSR count). The average Bonchev–Trinajstić information content (AvgIpc) is 3.40. The van der Waals surface area contributed by atoms with Crippen molar-refractivity contribution in [3.8, 4) is 6.07 Å². The van der Waals surface area contributed by atoms with Crippen LogP contribution in [0.15, 0.2) is 42.0 Å². The zero-order chi connectivity index (χ0) is 20.8. The zero-order valence-corrected chi connectivity index (χ0v) is 17.2. The number of carboxylic acid groups (broad SMARTS) is 1. The molecule has 6 heteroatoms. The molecule has 152 valence electrons. The lowest BCUT2D eigenvalue weighted by Gasteiger charge is -2.33. The first-order valence-corrected chi connectivity index (χ1v) is 10.8. The van der Waals surface area contributed by atoms with Crippen molar-refractivity contribution < 1.29 is 9.90 Å². The van der Waals surface area contributed by atoms with E-state index in [1.807, 2.05) is 18.2 Å². The minimum absolute atomic E-state index is 0.249. The highest BCUT2D eigenvalue weighted by Crippen LogP contribution is 2.45. The first-order chi connectivity index (χ1) is 14.6. The van der Waals surface area contributed by atoms with Crippen LogP contribution < -0.4 is 10.4 Å². The molecule has 0 amide bonds. The van der Waals surface area contributed by atoms with Gasteiger partial charge < -0.3 is 5.11 Å². The molecule has 0 aromatic heterocycles. The van der Waals surface area contributed by atoms with Gasteiger partial charge >= 0.3 is 5.97 Å². The van der Waals surface area contributed by atoms with Crippen LogP contribution in [0.5, 0.6) is 0 Å². The molecule has 5 nitrogen and oxygen atoms in total. The summed E-state index contributed by atoms with van der Waals surface area (Å²) in [5.41, 5.74) is 10.1. The van der Waals surface area contributed by atoms with Gasteiger partial charge in [-0.25, -0.2) is 4.79 Å². The maximum Gasteiger partial charge on any atom is 0.335 e. The standard InChI is InChI=1S/C24H22ClN3O2/c25-21-12-18(8-5-17(21)13-26)28-23(14-3-1-2-4-14)20-10-6-15-11-16(24(29)30)7-9-19(15)22(20)27-28/h5,7-9,11-12,14,23,27H,1-4,6,10H2,(H,29,30). The summed E-state index contributed by atoms with van der Waals surface area (Å²) in [6.45, 7) is 0. The lowest BCUT2D eigenvalue weighted by molar-refractivity contribution is 0.0696. The molecule has 2 aliphatic carbocycles. The van der Waals surface area contributed by atoms with Crippen molar-refractivity contribution >= 4 is 29.0 Å². The van der Waals surface area contributed by atoms with E-state index in [1.54, 1.807) is 18.2 Å². The van der Waals surface area contributed by atoms with E-state index in [4.69, 9.17) is 11.6 Å². The third kappa shape index (κ3) is 3.03. The van der Waals surface area contributed by atoms with Crippen LogP contribution in [0.3, 0.4) is 0 Å². The van der Waals surface area contributed by atoms with E-state index in [0.717, 1.165) is 35.4 Å². The number of nitrogens with zero attached hydrogens (tertiary/aromatic N) is 2. The Morgan fingerprint density at radius 2 is 1.97 bits per heavy atom. The number of carboxylic acids is 1. The van der Waals surface area contributed by atoms with E-state index >= 15 is 0 Å². The molecular weight excluding hydrogens is 398 g/mol. The molecule has 30 heavy (non-hydrogen) atoms. The summed E-state index contributed by atoms with van der Waals surface area (Å²) in [6.07, 6.45) is 6.68. The Balaban J connectivity index is 1.58. The number of fused-ring (bicyclic) bond motifs is 2. The first kappa shape index (κ1) is 19.0. The van der Waals surface area contributed by atoms with Crippen LogP contribution in [-0.2, 0) is 6.42 Å². The number of halogens is 1. The first-order valence-electron chi connectivity index (χ1n) is 10.4. The van der Waals surface area contributed by atoms with Crippen LogP contribution in [0.4, 0.5) is 5.69 Å². The summed E-state index contributed by atoms with van der Waals surface area (Å²) in [5, 5.41) is 21.2. The number of nitriles is 1. The molecule has 1 saturated carbocycles. The molecule has 0 radical (unpaired) electrons. The number of hydrogen-bond donors (Lipinski definition) is 2. The Kier molecular flexibility index (Phi) is 4.67. The number of rotatable bonds is 3. The summed E-state index contributed by atoms with van der Waals surface area (Å²) in [5.74, 6) is -0.325. The van der Waals surface area contributed by atoms with Gasteiger partial charge in [-0.05, 0) is 73.1 Å². The van der Waals surface area contributed by atoms with Gasteiger partial charge in [-0.1, -0.05) is 30.5 Å². The second-order valence-electron chi connectivity index (χ2n) is 8.32. The molecule has 1 aliphatic heterocycles. The van der Waals surface area contributed by atoms with Crippen molar-refractivity contribution in [2.45, 2.75) is 44.6 Å². The van der Waals surface area contributed by atoms with Crippen LogP contribution in [0.2, 0.25) is 5.02 Å². The van der Waals surface area contributed by atoms with E-state index in [1.165, 1.54) is 31.3 Å². The van der Waals surface area contributed by atoms with Crippen LogP contribution >= 0.6 is 11.6 Å². The lowest BCUT2D eigenvalue weighted by atomic mass is 9.82. The summed E-state index contributed by atoms with van der Waals surface area (Å²) >= 11 is 6.35. The number of aromatic carboxylic acids is 1. The normalized spacial score (nSPS) is 20.5. The van der Waals surface area contributed by atoms with Gasteiger partial charge in [0.05, 0.1) is 33.6 Å². The highest BCUT2D eigenvalue weighted by atomic mass is 35.5. The minimum Gasteiger partial charge on any atom is -0.478 e. The fraction of sp³-hybridized carbons (Fsp3) is 0.333. The van der Waals surface area contributed by atoms with Crippen LogP contribution in [-0.4, -0.2) is 17.1 Å². The van der Waals surface area contributed by atoms with E-state index in [9.17, 15) is 15.2 Å². The predicted molar refractivity (Wildman–Crippen MR) is 116 cm³/mol. The number of hydrazine groups is 1. The van der Waals surface area contributed by atoms with Crippen LogP contribution in [0.25, 0.3) is 5.70 Å². The summed E-state index contributed by atoms with van der Waals surface area (Å²) < 4.78 is 0. The molecule has 2 aromatic rings. The highest BCUT2D eigenvalue weighted by molar-refractivity contribution is 6.32. The summed E-state index contributed by atoms with van der Waals surface area (Å²) in [6, 6.07) is 13.4. The molecule has 1 fully saturated rings. The third-order valence-corrected chi connectivity index (χ3v) is 6.98. The highest BCUT2D eigenvalue weighted by Gasteiger charge is 2.41. The smallest absolute Gasteiger partial charge is 0.335 e. The molecule has 3 aliphatic rings. The molecular formula is C24H22ClN3O2. The number of carbonyl (C=O) groups is 1. The molecule has 0 spiro atoms. The number of aryl methyl sites for hydroxylation is 1. The van der Waals surface area contributed by atoms with Gasteiger partial charge in [0.15, 0.2) is 0 Å².